The Morgan fingerprint density at radius 2 is 1.70 bits per heavy atom. The van der Waals surface area contributed by atoms with Crippen molar-refractivity contribution >= 4 is 5.91 Å². The maximum absolute atomic E-state index is 12.3. The van der Waals surface area contributed by atoms with E-state index in [0.717, 1.165) is 5.56 Å². The van der Waals surface area contributed by atoms with E-state index in [2.05, 4.69) is 20.1 Å². The zero-order valence-corrected chi connectivity index (χ0v) is 12.2. The molecule has 7 heteroatoms. The SMILES string of the molecule is O=C(c1ccncc1)N1CC(c2nc(-c3ccncc3)no2)C1. The highest BCUT2D eigenvalue weighted by Crippen LogP contribution is 2.28. The molecule has 1 saturated heterocycles. The summed E-state index contributed by atoms with van der Waals surface area (Å²) in [5.41, 5.74) is 1.50. The van der Waals surface area contributed by atoms with Gasteiger partial charge in [0.05, 0.1) is 5.92 Å². The summed E-state index contributed by atoms with van der Waals surface area (Å²) in [6.07, 6.45) is 6.60. The third kappa shape index (κ3) is 2.57. The topological polar surface area (TPSA) is 85.0 Å². The molecule has 1 aliphatic heterocycles. The number of hydrogen-bond acceptors (Lipinski definition) is 6. The lowest BCUT2D eigenvalue weighted by molar-refractivity contribution is 0.0569. The average molecular weight is 307 g/mol. The molecule has 0 spiro atoms. The number of aromatic nitrogens is 4. The standard InChI is InChI=1S/C16H13N5O2/c22-16(12-3-7-18-8-4-12)21-9-13(10-21)15-19-14(20-23-15)11-1-5-17-6-2-11/h1-8,13H,9-10H2. The fraction of sp³-hybridized carbons (Fsp3) is 0.188. The van der Waals surface area contributed by atoms with Crippen LogP contribution in [0.3, 0.4) is 0 Å². The summed E-state index contributed by atoms with van der Waals surface area (Å²) in [5.74, 6) is 1.19. The first-order valence-corrected chi connectivity index (χ1v) is 7.24. The molecule has 0 N–H and O–H groups in total. The van der Waals surface area contributed by atoms with Crippen LogP contribution in [0.1, 0.15) is 22.2 Å². The summed E-state index contributed by atoms with van der Waals surface area (Å²) in [7, 11) is 0. The van der Waals surface area contributed by atoms with Crippen molar-refractivity contribution in [3.63, 3.8) is 0 Å². The molecule has 0 aromatic carbocycles. The van der Waals surface area contributed by atoms with Crippen molar-refractivity contribution in [2.45, 2.75) is 5.92 Å². The highest BCUT2D eigenvalue weighted by molar-refractivity contribution is 5.94. The molecule has 0 aliphatic carbocycles. The Bertz CT molecular complexity index is 813. The second kappa shape index (κ2) is 5.60. The van der Waals surface area contributed by atoms with Crippen LogP contribution < -0.4 is 0 Å². The van der Waals surface area contributed by atoms with Gasteiger partial charge in [-0.2, -0.15) is 4.98 Å². The van der Waals surface area contributed by atoms with E-state index in [1.54, 1.807) is 41.8 Å². The van der Waals surface area contributed by atoms with Crippen LogP contribution in [0.2, 0.25) is 0 Å². The van der Waals surface area contributed by atoms with E-state index in [1.807, 2.05) is 12.1 Å². The molecular formula is C16H13N5O2. The molecule has 23 heavy (non-hydrogen) atoms. The van der Waals surface area contributed by atoms with Crippen LogP contribution in [0.25, 0.3) is 11.4 Å². The molecule has 1 aliphatic rings. The number of amides is 1. The fourth-order valence-electron chi connectivity index (χ4n) is 2.50. The lowest BCUT2D eigenvalue weighted by Crippen LogP contribution is -2.48. The van der Waals surface area contributed by atoms with Crippen molar-refractivity contribution in [1.29, 1.82) is 0 Å². The number of nitrogens with zero attached hydrogens (tertiary/aromatic N) is 5. The van der Waals surface area contributed by atoms with Gasteiger partial charge in [0.25, 0.3) is 5.91 Å². The van der Waals surface area contributed by atoms with E-state index in [-0.39, 0.29) is 11.8 Å². The van der Waals surface area contributed by atoms with Gasteiger partial charge in [0.1, 0.15) is 0 Å². The fourth-order valence-corrected chi connectivity index (χ4v) is 2.50. The maximum Gasteiger partial charge on any atom is 0.254 e. The van der Waals surface area contributed by atoms with Gasteiger partial charge in [0, 0.05) is 49.0 Å². The van der Waals surface area contributed by atoms with Crippen LogP contribution in [0, 0.1) is 0 Å². The van der Waals surface area contributed by atoms with Gasteiger partial charge >= 0.3 is 0 Å². The molecule has 0 bridgehead atoms. The first kappa shape index (κ1) is 13.6. The second-order valence-corrected chi connectivity index (χ2v) is 5.34. The molecule has 0 unspecified atom stereocenters. The molecule has 0 saturated carbocycles. The van der Waals surface area contributed by atoms with Crippen LogP contribution in [-0.2, 0) is 0 Å². The van der Waals surface area contributed by atoms with E-state index in [1.165, 1.54) is 0 Å². The summed E-state index contributed by atoms with van der Waals surface area (Å²) < 4.78 is 5.33. The minimum atomic E-state index is -0.00229. The summed E-state index contributed by atoms with van der Waals surface area (Å²) in [4.78, 5) is 26.3. The summed E-state index contributed by atoms with van der Waals surface area (Å²) in [6, 6.07) is 7.08. The summed E-state index contributed by atoms with van der Waals surface area (Å²) >= 11 is 0. The Hall–Kier alpha value is -3.09. The van der Waals surface area contributed by atoms with Crippen molar-refractivity contribution in [2.24, 2.45) is 0 Å². The third-order valence-corrected chi connectivity index (χ3v) is 3.83. The number of rotatable bonds is 3. The Morgan fingerprint density at radius 1 is 1.04 bits per heavy atom. The van der Waals surface area contributed by atoms with Crippen LogP contribution in [0.15, 0.2) is 53.6 Å². The maximum atomic E-state index is 12.3. The molecule has 0 atom stereocenters. The highest BCUT2D eigenvalue weighted by atomic mass is 16.5. The van der Waals surface area contributed by atoms with Crippen molar-refractivity contribution in [2.75, 3.05) is 13.1 Å². The average Bonchev–Trinajstić information content (AvgIpc) is 3.05. The van der Waals surface area contributed by atoms with E-state index >= 15 is 0 Å². The van der Waals surface area contributed by atoms with Gasteiger partial charge in [-0.1, -0.05) is 5.16 Å². The van der Waals surface area contributed by atoms with Gasteiger partial charge in [-0.3, -0.25) is 14.8 Å². The Kier molecular flexibility index (Phi) is 3.30. The van der Waals surface area contributed by atoms with Crippen molar-refractivity contribution in [1.82, 2.24) is 25.0 Å². The molecule has 4 heterocycles. The molecular weight excluding hydrogens is 294 g/mol. The van der Waals surface area contributed by atoms with E-state index in [4.69, 9.17) is 4.52 Å². The number of carbonyl (C=O) groups excluding carboxylic acids is 1. The zero-order chi connectivity index (χ0) is 15.6. The Morgan fingerprint density at radius 3 is 2.39 bits per heavy atom. The normalized spacial score (nSPS) is 14.5. The molecule has 3 aromatic heterocycles. The van der Waals surface area contributed by atoms with Gasteiger partial charge in [-0.05, 0) is 24.3 Å². The van der Waals surface area contributed by atoms with Gasteiger partial charge in [0.15, 0.2) is 0 Å². The number of likely N-dealkylation sites (tertiary alicyclic amines) is 1. The lowest BCUT2D eigenvalue weighted by atomic mass is 9.99. The van der Waals surface area contributed by atoms with Gasteiger partial charge in [-0.15, -0.1) is 0 Å². The lowest BCUT2D eigenvalue weighted by Gasteiger charge is -2.37. The first-order valence-electron chi connectivity index (χ1n) is 7.24. The predicted molar refractivity (Wildman–Crippen MR) is 80.4 cm³/mol. The third-order valence-electron chi connectivity index (χ3n) is 3.83. The van der Waals surface area contributed by atoms with Gasteiger partial charge in [0.2, 0.25) is 11.7 Å². The molecule has 1 amide bonds. The van der Waals surface area contributed by atoms with Crippen molar-refractivity contribution in [3.05, 3.63) is 60.5 Å². The number of carbonyl (C=O) groups is 1. The first-order chi connectivity index (χ1) is 11.3. The van der Waals surface area contributed by atoms with E-state index in [9.17, 15) is 4.79 Å². The molecule has 0 radical (unpaired) electrons. The quantitative estimate of drug-likeness (QED) is 0.733. The van der Waals surface area contributed by atoms with E-state index < -0.39 is 0 Å². The largest absolute Gasteiger partial charge is 0.339 e. The molecule has 4 rings (SSSR count). The van der Waals surface area contributed by atoms with E-state index in [0.29, 0.717) is 30.4 Å². The van der Waals surface area contributed by atoms with Crippen molar-refractivity contribution < 1.29 is 9.32 Å². The number of hydrogen-bond donors (Lipinski definition) is 0. The molecule has 3 aromatic rings. The molecule has 1 fully saturated rings. The van der Waals surface area contributed by atoms with Crippen LogP contribution in [0.4, 0.5) is 0 Å². The minimum Gasteiger partial charge on any atom is -0.339 e. The monoisotopic (exact) mass is 307 g/mol. The van der Waals surface area contributed by atoms with Crippen LogP contribution in [0.5, 0.6) is 0 Å². The molecule has 7 nitrogen and oxygen atoms in total. The van der Waals surface area contributed by atoms with Crippen molar-refractivity contribution in [3.8, 4) is 11.4 Å². The zero-order valence-electron chi connectivity index (χ0n) is 12.2. The minimum absolute atomic E-state index is 0.00229. The van der Waals surface area contributed by atoms with Crippen LogP contribution in [-0.4, -0.2) is 44.0 Å². The highest BCUT2D eigenvalue weighted by Gasteiger charge is 2.36. The smallest absolute Gasteiger partial charge is 0.254 e. The summed E-state index contributed by atoms with van der Waals surface area (Å²) in [5, 5.41) is 3.99. The summed E-state index contributed by atoms with van der Waals surface area (Å²) in [6.45, 7) is 1.16. The van der Waals surface area contributed by atoms with Crippen LogP contribution >= 0.6 is 0 Å². The second-order valence-electron chi connectivity index (χ2n) is 5.34. The van der Waals surface area contributed by atoms with Gasteiger partial charge < -0.3 is 9.42 Å². The Labute approximate surface area is 132 Å². The van der Waals surface area contributed by atoms with Gasteiger partial charge in [-0.25, -0.2) is 0 Å². The molecule has 114 valence electrons. The number of pyridine rings is 2. The predicted octanol–water partition coefficient (Wildman–Crippen LogP) is 1.77. The Balaban J connectivity index is 1.43.